The SMILES string of the molecule is N#Cc1cccc(NC/C=C/Cl)c1. The van der Waals surface area contributed by atoms with Crippen LogP contribution in [0.25, 0.3) is 0 Å². The first-order valence-electron chi connectivity index (χ1n) is 3.86. The smallest absolute Gasteiger partial charge is 0.0992 e. The lowest BCUT2D eigenvalue weighted by atomic mass is 10.2. The van der Waals surface area contributed by atoms with Gasteiger partial charge in [0.1, 0.15) is 0 Å². The number of nitrogens with one attached hydrogen (secondary N) is 1. The van der Waals surface area contributed by atoms with E-state index in [2.05, 4.69) is 11.4 Å². The summed E-state index contributed by atoms with van der Waals surface area (Å²) in [5.74, 6) is 0. The third-order valence-electron chi connectivity index (χ3n) is 1.50. The molecule has 66 valence electrons. The molecule has 1 rings (SSSR count). The summed E-state index contributed by atoms with van der Waals surface area (Å²) in [5, 5.41) is 11.7. The minimum atomic E-state index is 0.653. The lowest BCUT2D eigenvalue weighted by molar-refractivity contribution is 1.33. The average Bonchev–Trinajstić information content (AvgIpc) is 2.19. The van der Waals surface area contributed by atoms with E-state index < -0.39 is 0 Å². The highest BCUT2D eigenvalue weighted by molar-refractivity contribution is 6.25. The first-order valence-corrected chi connectivity index (χ1v) is 4.29. The fraction of sp³-hybridized carbons (Fsp3) is 0.100. The molecule has 0 radical (unpaired) electrons. The van der Waals surface area contributed by atoms with Crippen LogP contribution in [0, 0.1) is 11.3 Å². The minimum absolute atomic E-state index is 0.653. The number of hydrogen-bond acceptors (Lipinski definition) is 2. The molecule has 0 spiro atoms. The Hall–Kier alpha value is -1.46. The van der Waals surface area contributed by atoms with Gasteiger partial charge < -0.3 is 5.32 Å². The van der Waals surface area contributed by atoms with Crippen molar-refractivity contribution in [1.82, 2.24) is 0 Å². The molecule has 2 nitrogen and oxygen atoms in total. The van der Waals surface area contributed by atoms with E-state index in [1.165, 1.54) is 5.54 Å². The molecule has 0 unspecified atom stereocenters. The maximum absolute atomic E-state index is 8.62. The molecular weight excluding hydrogens is 184 g/mol. The van der Waals surface area contributed by atoms with Crippen LogP contribution in [0.2, 0.25) is 0 Å². The Kier molecular flexibility index (Phi) is 3.87. The summed E-state index contributed by atoms with van der Waals surface area (Å²) in [4.78, 5) is 0. The van der Waals surface area contributed by atoms with Crippen molar-refractivity contribution in [3.8, 4) is 6.07 Å². The molecule has 1 N–H and O–H groups in total. The second-order valence-corrected chi connectivity index (χ2v) is 2.69. The molecular formula is C10H9ClN2. The lowest BCUT2D eigenvalue weighted by Crippen LogP contribution is -1.97. The van der Waals surface area contributed by atoms with Gasteiger partial charge in [-0.2, -0.15) is 5.26 Å². The van der Waals surface area contributed by atoms with E-state index >= 15 is 0 Å². The highest BCUT2D eigenvalue weighted by Gasteiger charge is 1.91. The zero-order chi connectivity index (χ0) is 9.52. The Morgan fingerprint density at radius 1 is 1.54 bits per heavy atom. The summed E-state index contributed by atoms with van der Waals surface area (Å²) in [6.07, 6.45) is 1.79. The van der Waals surface area contributed by atoms with E-state index in [9.17, 15) is 0 Å². The zero-order valence-electron chi connectivity index (χ0n) is 7.00. The fourth-order valence-corrected chi connectivity index (χ4v) is 1.01. The number of benzene rings is 1. The number of anilines is 1. The molecule has 0 saturated carbocycles. The highest BCUT2D eigenvalue weighted by Crippen LogP contribution is 2.08. The fourth-order valence-electron chi connectivity index (χ4n) is 0.920. The van der Waals surface area contributed by atoms with E-state index in [1.54, 1.807) is 18.2 Å². The van der Waals surface area contributed by atoms with Crippen LogP contribution in [0.4, 0.5) is 5.69 Å². The van der Waals surface area contributed by atoms with Crippen molar-refractivity contribution >= 4 is 17.3 Å². The van der Waals surface area contributed by atoms with Crippen LogP contribution in [0.3, 0.4) is 0 Å². The van der Waals surface area contributed by atoms with E-state index in [0.717, 1.165) is 5.69 Å². The lowest BCUT2D eigenvalue weighted by Gasteiger charge is -2.02. The quantitative estimate of drug-likeness (QED) is 0.800. The van der Waals surface area contributed by atoms with Crippen molar-refractivity contribution in [1.29, 1.82) is 5.26 Å². The third kappa shape index (κ3) is 3.18. The molecule has 0 atom stereocenters. The molecule has 0 aliphatic heterocycles. The van der Waals surface area contributed by atoms with Crippen molar-refractivity contribution in [3.05, 3.63) is 41.4 Å². The number of rotatable bonds is 3. The first kappa shape index (κ1) is 9.63. The maximum Gasteiger partial charge on any atom is 0.0992 e. The molecule has 1 aromatic carbocycles. The van der Waals surface area contributed by atoms with Crippen LogP contribution in [0.15, 0.2) is 35.9 Å². The third-order valence-corrected chi connectivity index (χ3v) is 1.68. The Labute approximate surface area is 82.4 Å². The van der Waals surface area contributed by atoms with Crippen molar-refractivity contribution in [3.63, 3.8) is 0 Å². The second kappa shape index (κ2) is 5.23. The average molecular weight is 193 g/mol. The van der Waals surface area contributed by atoms with Gasteiger partial charge in [0.15, 0.2) is 0 Å². The number of nitriles is 1. The molecule has 0 bridgehead atoms. The van der Waals surface area contributed by atoms with Gasteiger partial charge in [0.25, 0.3) is 0 Å². The Morgan fingerprint density at radius 2 is 2.38 bits per heavy atom. The van der Waals surface area contributed by atoms with Crippen LogP contribution >= 0.6 is 11.6 Å². The molecule has 0 fully saturated rings. The summed E-state index contributed by atoms with van der Waals surface area (Å²) in [5.41, 5.74) is 3.04. The summed E-state index contributed by atoms with van der Waals surface area (Å²) in [7, 11) is 0. The normalized spacial score (nSPS) is 9.85. The molecule has 0 aliphatic rings. The van der Waals surface area contributed by atoms with Gasteiger partial charge in [0, 0.05) is 17.8 Å². The van der Waals surface area contributed by atoms with Crippen LogP contribution in [0.5, 0.6) is 0 Å². The van der Waals surface area contributed by atoms with Crippen molar-refractivity contribution in [2.75, 3.05) is 11.9 Å². The molecule has 3 heteroatoms. The molecule has 0 heterocycles. The summed E-state index contributed by atoms with van der Waals surface area (Å²) < 4.78 is 0. The van der Waals surface area contributed by atoms with Gasteiger partial charge in [0.2, 0.25) is 0 Å². The van der Waals surface area contributed by atoms with Crippen LogP contribution < -0.4 is 5.32 Å². The van der Waals surface area contributed by atoms with Crippen LogP contribution in [-0.4, -0.2) is 6.54 Å². The van der Waals surface area contributed by atoms with E-state index in [1.807, 2.05) is 12.1 Å². The first-order chi connectivity index (χ1) is 6.36. The van der Waals surface area contributed by atoms with E-state index in [-0.39, 0.29) is 0 Å². The Morgan fingerprint density at radius 3 is 3.08 bits per heavy atom. The van der Waals surface area contributed by atoms with Crippen molar-refractivity contribution in [2.24, 2.45) is 0 Å². The Bertz CT molecular complexity index is 339. The van der Waals surface area contributed by atoms with Gasteiger partial charge in [-0.3, -0.25) is 0 Å². The van der Waals surface area contributed by atoms with E-state index in [0.29, 0.717) is 12.1 Å². The van der Waals surface area contributed by atoms with Gasteiger partial charge in [-0.15, -0.1) is 0 Å². The Balaban J connectivity index is 2.62. The predicted octanol–water partition coefficient (Wildman–Crippen LogP) is 2.72. The maximum atomic E-state index is 8.62. The van der Waals surface area contributed by atoms with Gasteiger partial charge in [-0.1, -0.05) is 23.7 Å². The number of nitrogens with zero attached hydrogens (tertiary/aromatic N) is 1. The monoisotopic (exact) mass is 192 g/mol. The number of hydrogen-bond donors (Lipinski definition) is 1. The van der Waals surface area contributed by atoms with Crippen molar-refractivity contribution in [2.45, 2.75) is 0 Å². The largest absolute Gasteiger partial charge is 0.381 e. The van der Waals surface area contributed by atoms with E-state index in [4.69, 9.17) is 16.9 Å². The molecule has 0 amide bonds. The van der Waals surface area contributed by atoms with Crippen molar-refractivity contribution < 1.29 is 0 Å². The topological polar surface area (TPSA) is 35.8 Å². The highest BCUT2D eigenvalue weighted by atomic mass is 35.5. The predicted molar refractivity (Wildman–Crippen MR) is 54.6 cm³/mol. The number of halogens is 1. The van der Waals surface area contributed by atoms with Crippen LogP contribution in [0.1, 0.15) is 5.56 Å². The standard InChI is InChI=1S/C10H9ClN2/c11-5-2-6-13-10-4-1-3-9(7-10)8-12/h1-5,7,13H,6H2/b5-2+. The summed E-state index contributed by atoms with van der Waals surface area (Å²) >= 11 is 5.35. The molecule has 0 aliphatic carbocycles. The molecule has 1 aromatic rings. The molecule has 13 heavy (non-hydrogen) atoms. The summed E-state index contributed by atoms with van der Waals surface area (Å²) in [6.45, 7) is 0.665. The molecule has 0 aromatic heterocycles. The van der Waals surface area contributed by atoms with Gasteiger partial charge >= 0.3 is 0 Å². The molecule has 0 saturated heterocycles. The van der Waals surface area contributed by atoms with Crippen LogP contribution in [-0.2, 0) is 0 Å². The zero-order valence-corrected chi connectivity index (χ0v) is 7.75. The minimum Gasteiger partial charge on any atom is -0.381 e. The second-order valence-electron chi connectivity index (χ2n) is 2.44. The summed E-state index contributed by atoms with van der Waals surface area (Å²) in [6, 6.07) is 9.38. The van der Waals surface area contributed by atoms with Gasteiger partial charge in [0.05, 0.1) is 11.6 Å². The van der Waals surface area contributed by atoms with Gasteiger partial charge in [-0.25, -0.2) is 0 Å². The van der Waals surface area contributed by atoms with Gasteiger partial charge in [-0.05, 0) is 18.2 Å².